The first-order valence-corrected chi connectivity index (χ1v) is 14.8. The molecule has 30 heavy (non-hydrogen) atoms. The summed E-state index contributed by atoms with van der Waals surface area (Å²) in [6.07, 6.45) is 3.22. The molecule has 1 atom stereocenters. The van der Waals surface area contributed by atoms with Gasteiger partial charge in [-0.15, -0.1) is 0 Å². The van der Waals surface area contributed by atoms with Crippen LogP contribution in [0.2, 0.25) is 0 Å². The first kappa shape index (κ1) is 20.7. The molecule has 1 aliphatic rings. The van der Waals surface area contributed by atoms with Crippen LogP contribution in [0.25, 0.3) is 0 Å². The van der Waals surface area contributed by atoms with Crippen LogP contribution in [0.1, 0.15) is 33.1 Å². The van der Waals surface area contributed by atoms with Crippen molar-refractivity contribution < 1.29 is 3.76 Å². The molecule has 2 heteroatoms. The van der Waals surface area contributed by atoms with Crippen LogP contribution in [0.4, 0.5) is 0 Å². The SMILES string of the molecule is C=C(C)C1CCC(C)=C([O][Ge]([c]2ccccc2)([c]2ccccc2)[c]2ccccc2)C1. The fraction of sp³-hybridized carbons (Fsp3) is 0.214. The van der Waals surface area contributed by atoms with Crippen molar-refractivity contribution in [2.75, 3.05) is 0 Å². The number of allylic oxidation sites excluding steroid dienone is 3. The Labute approximate surface area is 183 Å². The quantitative estimate of drug-likeness (QED) is 0.361. The topological polar surface area (TPSA) is 9.23 Å². The van der Waals surface area contributed by atoms with Crippen molar-refractivity contribution in [1.82, 2.24) is 0 Å². The van der Waals surface area contributed by atoms with Gasteiger partial charge in [-0.3, -0.25) is 0 Å². The van der Waals surface area contributed by atoms with Gasteiger partial charge in [0.15, 0.2) is 0 Å². The first-order valence-electron chi connectivity index (χ1n) is 10.8. The van der Waals surface area contributed by atoms with E-state index >= 15 is 0 Å². The molecule has 152 valence electrons. The summed E-state index contributed by atoms with van der Waals surface area (Å²) in [6.45, 7) is 8.65. The Kier molecular flexibility index (Phi) is 6.29. The zero-order valence-electron chi connectivity index (χ0n) is 18.0. The van der Waals surface area contributed by atoms with Crippen LogP contribution in [-0.2, 0) is 3.76 Å². The molecule has 0 aromatic heterocycles. The Hall–Kier alpha value is -2.52. The van der Waals surface area contributed by atoms with Crippen molar-refractivity contribution in [3.63, 3.8) is 0 Å². The second kappa shape index (κ2) is 9.10. The predicted molar refractivity (Wildman–Crippen MR) is 130 cm³/mol. The summed E-state index contributed by atoms with van der Waals surface area (Å²) in [7, 11) is 0. The van der Waals surface area contributed by atoms with Crippen LogP contribution in [0.15, 0.2) is 114 Å². The second-order valence-electron chi connectivity index (χ2n) is 8.37. The minimum atomic E-state index is -3.41. The third-order valence-electron chi connectivity index (χ3n) is 6.29. The van der Waals surface area contributed by atoms with E-state index in [2.05, 4.69) is 111 Å². The summed E-state index contributed by atoms with van der Waals surface area (Å²) in [5.74, 6) is 1.69. The third kappa shape index (κ3) is 4.04. The molecule has 0 radical (unpaired) electrons. The molecule has 1 unspecified atom stereocenters. The third-order valence-corrected chi connectivity index (χ3v) is 14.7. The van der Waals surface area contributed by atoms with Crippen molar-refractivity contribution in [3.8, 4) is 0 Å². The Balaban J connectivity index is 1.93. The number of benzene rings is 3. The van der Waals surface area contributed by atoms with Gasteiger partial charge >= 0.3 is 184 Å². The molecule has 4 rings (SSSR count). The molecule has 0 N–H and O–H groups in total. The van der Waals surface area contributed by atoms with Crippen LogP contribution in [-0.4, -0.2) is 13.6 Å². The molecule has 0 fully saturated rings. The van der Waals surface area contributed by atoms with Crippen LogP contribution in [0.5, 0.6) is 0 Å². The molecule has 0 bridgehead atoms. The van der Waals surface area contributed by atoms with Crippen LogP contribution in [0.3, 0.4) is 0 Å². The van der Waals surface area contributed by atoms with Crippen LogP contribution in [0, 0.1) is 5.92 Å². The van der Waals surface area contributed by atoms with E-state index in [1.165, 1.54) is 36.5 Å². The van der Waals surface area contributed by atoms with E-state index in [1.807, 2.05) is 0 Å². The van der Waals surface area contributed by atoms with E-state index in [-0.39, 0.29) is 0 Å². The van der Waals surface area contributed by atoms with E-state index in [0.29, 0.717) is 5.92 Å². The molecule has 0 spiro atoms. The molecule has 0 saturated heterocycles. The second-order valence-corrected chi connectivity index (χ2v) is 15.3. The first-order chi connectivity index (χ1) is 14.6. The Morgan fingerprint density at radius 3 is 1.63 bits per heavy atom. The number of hydrogen-bond acceptors (Lipinski definition) is 1. The van der Waals surface area contributed by atoms with Gasteiger partial charge in [-0.2, -0.15) is 0 Å². The fourth-order valence-corrected chi connectivity index (χ4v) is 12.8. The van der Waals surface area contributed by atoms with Crippen molar-refractivity contribution in [3.05, 3.63) is 114 Å². The molecule has 0 amide bonds. The Morgan fingerprint density at radius 1 is 0.800 bits per heavy atom. The van der Waals surface area contributed by atoms with Gasteiger partial charge in [-0.1, -0.05) is 0 Å². The summed E-state index contributed by atoms with van der Waals surface area (Å²) in [5.41, 5.74) is 2.66. The molecule has 1 aliphatic carbocycles. The standard InChI is InChI=1S/C28H30GeO/c1-22(2)24-20-19-23(3)28(21-24)30-29(25-13-7-4-8-14-25,26-15-9-5-10-16-26)27-17-11-6-12-18-27/h4-18,24H,1,19-21H2,2-3H3. The minimum absolute atomic E-state index is 0.506. The summed E-state index contributed by atoms with van der Waals surface area (Å²) in [5, 5.41) is 0. The molecular formula is C28H30GeO. The van der Waals surface area contributed by atoms with Crippen LogP contribution < -0.4 is 13.2 Å². The zero-order valence-corrected chi connectivity index (χ0v) is 20.1. The molecule has 3 aromatic carbocycles. The van der Waals surface area contributed by atoms with Gasteiger partial charge < -0.3 is 0 Å². The normalized spacial score (nSPS) is 16.9. The summed E-state index contributed by atoms with van der Waals surface area (Å²) in [6, 6.07) is 32.7. The summed E-state index contributed by atoms with van der Waals surface area (Å²) < 4.78 is 11.3. The molecular weight excluding hydrogens is 425 g/mol. The van der Waals surface area contributed by atoms with Gasteiger partial charge in [-0.05, 0) is 0 Å². The summed E-state index contributed by atoms with van der Waals surface area (Å²) in [4.78, 5) is 0. The maximum absolute atomic E-state index is 7.36. The van der Waals surface area contributed by atoms with Gasteiger partial charge in [-0.25, -0.2) is 0 Å². The van der Waals surface area contributed by atoms with E-state index in [0.717, 1.165) is 12.8 Å². The Bertz CT molecular complexity index is 925. The van der Waals surface area contributed by atoms with Gasteiger partial charge in [0, 0.05) is 0 Å². The van der Waals surface area contributed by atoms with Gasteiger partial charge in [0.05, 0.1) is 0 Å². The monoisotopic (exact) mass is 456 g/mol. The van der Waals surface area contributed by atoms with Crippen molar-refractivity contribution >= 4 is 26.8 Å². The average Bonchev–Trinajstić information content (AvgIpc) is 2.80. The summed E-state index contributed by atoms with van der Waals surface area (Å²) >= 11 is -3.41. The Morgan fingerprint density at radius 2 is 1.23 bits per heavy atom. The van der Waals surface area contributed by atoms with Crippen LogP contribution >= 0.6 is 0 Å². The number of rotatable bonds is 6. The fourth-order valence-electron chi connectivity index (χ4n) is 4.46. The number of hydrogen-bond donors (Lipinski definition) is 0. The van der Waals surface area contributed by atoms with Gasteiger partial charge in [0.25, 0.3) is 0 Å². The predicted octanol–water partition coefficient (Wildman–Crippen LogP) is 5.32. The van der Waals surface area contributed by atoms with E-state index in [9.17, 15) is 0 Å². The maximum atomic E-state index is 7.36. The van der Waals surface area contributed by atoms with Crippen molar-refractivity contribution in [2.24, 2.45) is 5.92 Å². The molecule has 0 heterocycles. The van der Waals surface area contributed by atoms with E-state index in [4.69, 9.17) is 3.76 Å². The zero-order chi connectivity index (χ0) is 21.0. The molecule has 3 aromatic rings. The van der Waals surface area contributed by atoms with Crippen molar-refractivity contribution in [2.45, 2.75) is 33.1 Å². The molecule has 0 saturated carbocycles. The van der Waals surface area contributed by atoms with E-state index < -0.39 is 13.6 Å². The van der Waals surface area contributed by atoms with Gasteiger partial charge in [0.1, 0.15) is 0 Å². The van der Waals surface area contributed by atoms with Crippen molar-refractivity contribution in [1.29, 1.82) is 0 Å². The van der Waals surface area contributed by atoms with E-state index in [1.54, 1.807) is 0 Å². The molecule has 1 nitrogen and oxygen atoms in total. The molecule has 0 aliphatic heterocycles. The van der Waals surface area contributed by atoms with Gasteiger partial charge in [0.2, 0.25) is 0 Å². The average molecular weight is 455 g/mol.